The fourth-order valence-electron chi connectivity index (χ4n) is 3.35. The van der Waals surface area contributed by atoms with E-state index in [1.807, 2.05) is 55.6 Å². The van der Waals surface area contributed by atoms with E-state index < -0.39 is 0 Å². The van der Waals surface area contributed by atoms with Crippen LogP contribution < -0.4 is 14.2 Å². The number of likely N-dealkylation sites (N-methyl/N-ethyl adjacent to an activating group) is 1. The maximum Gasteiger partial charge on any atom is 0.229 e. The van der Waals surface area contributed by atoms with Crippen molar-refractivity contribution in [3.63, 3.8) is 0 Å². The molecular weight excluding hydrogens is 318 g/mol. The number of para-hydroxylation sites is 3. The summed E-state index contributed by atoms with van der Waals surface area (Å²) in [5, 5.41) is 0. The van der Waals surface area contributed by atoms with Crippen LogP contribution >= 0.6 is 0 Å². The molecule has 0 aliphatic carbocycles. The van der Waals surface area contributed by atoms with Gasteiger partial charge in [0.25, 0.3) is 0 Å². The average Bonchev–Trinajstić information content (AvgIpc) is 2.67. The summed E-state index contributed by atoms with van der Waals surface area (Å²) >= 11 is 0. The summed E-state index contributed by atoms with van der Waals surface area (Å²) in [6.07, 6.45) is 0.546. The van der Waals surface area contributed by atoms with Crippen molar-refractivity contribution in [1.82, 2.24) is 4.90 Å². The zero-order chi connectivity index (χ0) is 17.2. The molecule has 2 aromatic carbocycles. The first-order valence-corrected chi connectivity index (χ1v) is 8.55. The molecule has 4 rings (SSSR count). The minimum Gasteiger partial charge on any atom is -0.492 e. The van der Waals surface area contributed by atoms with Gasteiger partial charge in [-0.05, 0) is 30.2 Å². The quantitative estimate of drug-likeness (QED) is 0.862. The zero-order valence-corrected chi connectivity index (χ0v) is 14.2. The van der Waals surface area contributed by atoms with Gasteiger partial charge in [0, 0.05) is 7.05 Å². The van der Waals surface area contributed by atoms with Crippen LogP contribution in [-0.4, -0.2) is 43.7 Å². The van der Waals surface area contributed by atoms with Gasteiger partial charge in [0.1, 0.15) is 19.0 Å². The summed E-state index contributed by atoms with van der Waals surface area (Å²) in [7, 11) is 1.81. The van der Waals surface area contributed by atoms with Crippen molar-refractivity contribution in [2.75, 3.05) is 26.8 Å². The number of carbonyl (C=O) groups excluding carboxylic acids is 1. The second kappa shape index (κ2) is 6.67. The van der Waals surface area contributed by atoms with Crippen LogP contribution in [-0.2, 0) is 11.2 Å². The van der Waals surface area contributed by atoms with Gasteiger partial charge in [-0.1, -0.05) is 30.3 Å². The molecule has 2 aromatic rings. The molecule has 0 radical (unpaired) electrons. The highest BCUT2D eigenvalue weighted by molar-refractivity contribution is 5.79. The van der Waals surface area contributed by atoms with Crippen LogP contribution in [0.3, 0.4) is 0 Å². The predicted octanol–water partition coefficient (Wildman–Crippen LogP) is 2.54. The van der Waals surface area contributed by atoms with E-state index in [-0.39, 0.29) is 17.9 Å². The molecule has 0 saturated carbocycles. The highest BCUT2D eigenvalue weighted by Crippen LogP contribution is 2.31. The van der Waals surface area contributed by atoms with Crippen molar-refractivity contribution in [3.05, 3.63) is 54.1 Å². The predicted molar refractivity (Wildman–Crippen MR) is 93.1 cm³/mol. The Morgan fingerprint density at radius 1 is 1.00 bits per heavy atom. The Bertz CT molecular complexity index is 776. The van der Waals surface area contributed by atoms with E-state index in [4.69, 9.17) is 14.2 Å². The number of rotatable bonds is 3. The monoisotopic (exact) mass is 339 g/mol. The van der Waals surface area contributed by atoms with Crippen molar-refractivity contribution in [2.45, 2.75) is 12.5 Å². The lowest BCUT2D eigenvalue weighted by molar-refractivity contribution is -0.137. The number of amides is 1. The van der Waals surface area contributed by atoms with Crippen LogP contribution in [0.2, 0.25) is 0 Å². The van der Waals surface area contributed by atoms with Crippen LogP contribution in [0.1, 0.15) is 5.56 Å². The molecule has 5 heteroatoms. The van der Waals surface area contributed by atoms with Crippen LogP contribution in [0.15, 0.2) is 48.5 Å². The van der Waals surface area contributed by atoms with Gasteiger partial charge in [-0.2, -0.15) is 0 Å². The molecule has 0 aromatic heterocycles. The topological polar surface area (TPSA) is 48.0 Å². The molecule has 0 saturated heterocycles. The normalized spacial score (nSPS) is 21.0. The number of hydrogen-bond acceptors (Lipinski definition) is 4. The van der Waals surface area contributed by atoms with Gasteiger partial charge < -0.3 is 19.1 Å². The van der Waals surface area contributed by atoms with Crippen LogP contribution in [0, 0.1) is 5.92 Å². The van der Waals surface area contributed by atoms with E-state index in [0.717, 1.165) is 22.8 Å². The number of ether oxygens (including phenoxy) is 3. The standard InChI is InChI=1S/C20H21NO4/c1-21(11-16-13-24-18-8-4-5-9-19(18)25-16)20(22)15-10-14-6-2-3-7-17(14)23-12-15/h2-9,15-16H,10-13H2,1H3/t15-,16-/m1/s1. The lowest BCUT2D eigenvalue weighted by atomic mass is 9.95. The smallest absolute Gasteiger partial charge is 0.229 e. The van der Waals surface area contributed by atoms with Crippen molar-refractivity contribution < 1.29 is 19.0 Å². The van der Waals surface area contributed by atoms with E-state index in [2.05, 4.69) is 0 Å². The largest absolute Gasteiger partial charge is 0.492 e. The number of carbonyl (C=O) groups is 1. The molecule has 0 N–H and O–H groups in total. The molecule has 0 fully saturated rings. The fourth-order valence-corrected chi connectivity index (χ4v) is 3.35. The third-order valence-electron chi connectivity index (χ3n) is 4.65. The van der Waals surface area contributed by atoms with Gasteiger partial charge in [-0.25, -0.2) is 0 Å². The highest BCUT2D eigenvalue weighted by atomic mass is 16.6. The summed E-state index contributed by atoms with van der Waals surface area (Å²) < 4.78 is 17.4. The van der Waals surface area contributed by atoms with E-state index >= 15 is 0 Å². The fraction of sp³-hybridized carbons (Fsp3) is 0.350. The second-order valence-corrected chi connectivity index (χ2v) is 6.54. The number of benzene rings is 2. The third-order valence-corrected chi connectivity index (χ3v) is 4.65. The Morgan fingerprint density at radius 3 is 2.52 bits per heavy atom. The van der Waals surface area contributed by atoms with Gasteiger partial charge >= 0.3 is 0 Å². The maximum absolute atomic E-state index is 12.8. The van der Waals surface area contributed by atoms with Gasteiger partial charge in [-0.15, -0.1) is 0 Å². The zero-order valence-electron chi connectivity index (χ0n) is 14.2. The molecule has 0 spiro atoms. The Kier molecular flexibility index (Phi) is 4.22. The summed E-state index contributed by atoms with van der Waals surface area (Å²) in [5.74, 6) is 2.29. The Labute approximate surface area is 147 Å². The van der Waals surface area contributed by atoms with Gasteiger partial charge in [0.05, 0.1) is 12.5 Å². The lowest BCUT2D eigenvalue weighted by Gasteiger charge is -2.32. The second-order valence-electron chi connectivity index (χ2n) is 6.54. The van der Waals surface area contributed by atoms with Gasteiger partial charge in [0.15, 0.2) is 17.6 Å². The van der Waals surface area contributed by atoms with Crippen molar-refractivity contribution in [3.8, 4) is 17.2 Å². The number of fused-ring (bicyclic) bond motifs is 2. The average molecular weight is 339 g/mol. The first-order valence-electron chi connectivity index (χ1n) is 8.55. The molecule has 2 heterocycles. The molecule has 5 nitrogen and oxygen atoms in total. The maximum atomic E-state index is 12.8. The molecule has 2 atom stereocenters. The van der Waals surface area contributed by atoms with Crippen molar-refractivity contribution in [2.24, 2.45) is 5.92 Å². The number of hydrogen-bond donors (Lipinski definition) is 0. The molecule has 25 heavy (non-hydrogen) atoms. The van der Waals surface area contributed by atoms with E-state index in [9.17, 15) is 4.79 Å². The third kappa shape index (κ3) is 3.27. The summed E-state index contributed by atoms with van der Waals surface area (Å²) in [6, 6.07) is 15.5. The van der Waals surface area contributed by atoms with Crippen molar-refractivity contribution >= 4 is 5.91 Å². The Morgan fingerprint density at radius 2 is 1.68 bits per heavy atom. The Hall–Kier alpha value is -2.69. The van der Waals surface area contributed by atoms with Crippen LogP contribution in [0.4, 0.5) is 0 Å². The van der Waals surface area contributed by atoms with Crippen LogP contribution in [0.5, 0.6) is 17.2 Å². The minimum absolute atomic E-state index is 0.0805. The summed E-state index contributed by atoms with van der Waals surface area (Å²) in [5.41, 5.74) is 1.09. The van der Waals surface area contributed by atoms with E-state index in [0.29, 0.717) is 26.2 Å². The lowest BCUT2D eigenvalue weighted by Crippen LogP contribution is -2.45. The molecule has 2 aliphatic rings. The number of nitrogens with zero attached hydrogens (tertiary/aromatic N) is 1. The van der Waals surface area contributed by atoms with E-state index in [1.165, 1.54) is 0 Å². The first-order chi connectivity index (χ1) is 12.2. The summed E-state index contributed by atoms with van der Waals surface area (Å²) in [6.45, 7) is 1.36. The highest BCUT2D eigenvalue weighted by Gasteiger charge is 2.30. The van der Waals surface area contributed by atoms with Crippen LogP contribution in [0.25, 0.3) is 0 Å². The van der Waals surface area contributed by atoms with Gasteiger partial charge in [0.2, 0.25) is 5.91 Å². The molecule has 1 amide bonds. The first kappa shape index (κ1) is 15.8. The van der Waals surface area contributed by atoms with E-state index in [1.54, 1.807) is 4.90 Å². The Balaban J connectivity index is 1.37. The van der Waals surface area contributed by atoms with Crippen molar-refractivity contribution in [1.29, 1.82) is 0 Å². The molecule has 0 bridgehead atoms. The molecule has 130 valence electrons. The minimum atomic E-state index is -0.166. The molecule has 2 aliphatic heterocycles. The molecular formula is C20H21NO4. The SMILES string of the molecule is CN(C[C@@H]1COc2ccccc2O1)C(=O)[C@H]1COc2ccccc2C1. The summed E-state index contributed by atoms with van der Waals surface area (Å²) in [4.78, 5) is 14.5. The molecule has 0 unspecified atom stereocenters. The van der Waals surface area contributed by atoms with Gasteiger partial charge in [-0.3, -0.25) is 4.79 Å².